The Balaban J connectivity index is 1.68. The molecule has 1 aliphatic rings. The lowest BCUT2D eigenvalue weighted by Crippen LogP contribution is -2.43. The third-order valence-corrected chi connectivity index (χ3v) is 6.93. The average Bonchev–Trinajstić information content (AvgIpc) is 3.31. The predicted molar refractivity (Wildman–Crippen MR) is 147 cm³/mol. The molecule has 4 aromatic rings. The molecule has 0 aliphatic carbocycles. The summed E-state index contributed by atoms with van der Waals surface area (Å²) in [5.74, 6) is -1.39. The number of halogens is 2. The van der Waals surface area contributed by atoms with Crippen LogP contribution in [0.4, 0.5) is 8.78 Å². The fraction of sp³-hybridized carbons (Fsp3) is 0.226. The van der Waals surface area contributed by atoms with Gasteiger partial charge in [0.25, 0.3) is 5.56 Å². The van der Waals surface area contributed by atoms with Crippen molar-refractivity contribution in [2.45, 2.75) is 31.0 Å². The van der Waals surface area contributed by atoms with Gasteiger partial charge < -0.3 is 18.9 Å². The number of aromatic amines is 1. The molecule has 1 aromatic heterocycles. The Hall–Kier alpha value is -4.61. The highest BCUT2D eigenvalue weighted by Crippen LogP contribution is 2.47. The Kier molecular flexibility index (Phi) is 8.32. The van der Waals surface area contributed by atoms with Crippen LogP contribution in [0.1, 0.15) is 29.8 Å². The van der Waals surface area contributed by atoms with Crippen molar-refractivity contribution in [3.63, 3.8) is 0 Å². The van der Waals surface area contributed by atoms with Crippen LogP contribution in [-0.4, -0.2) is 41.5 Å². The van der Waals surface area contributed by atoms with Crippen molar-refractivity contribution in [1.29, 1.82) is 0 Å². The van der Waals surface area contributed by atoms with Gasteiger partial charge in [-0.2, -0.15) is 4.39 Å². The first-order valence-electron chi connectivity index (χ1n) is 13.0. The molecule has 5 rings (SSSR count). The summed E-state index contributed by atoms with van der Waals surface area (Å²) >= 11 is 0. The second-order valence-corrected chi connectivity index (χ2v) is 9.52. The first-order valence-corrected chi connectivity index (χ1v) is 13.0. The molecule has 2 heterocycles. The van der Waals surface area contributed by atoms with E-state index in [1.54, 1.807) is 29.2 Å². The van der Waals surface area contributed by atoms with Crippen LogP contribution in [0.2, 0.25) is 0 Å². The van der Waals surface area contributed by atoms with E-state index in [9.17, 15) is 18.8 Å². The van der Waals surface area contributed by atoms with Crippen molar-refractivity contribution in [2.24, 2.45) is 0 Å². The van der Waals surface area contributed by atoms with E-state index >= 15 is 4.39 Å². The van der Waals surface area contributed by atoms with Crippen LogP contribution < -0.4 is 16.0 Å². The van der Waals surface area contributed by atoms with Crippen molar-refractivity contribution >= 4 is 5.97 Å². The Morgan fingerprint density at radius 2 is 1.52 bits per heavy atom. The number of benzene rings is 3. The minimum atomic E-state index is -2.11. The van der Waals surface area contributed by atoms with Crippen molar-refractivity contribution in [2.75, 3.05) is 13.7 Å². The Morgan fingerprint density at radius 1 is 0.952 bits per heavy atom. The SMILES string of the molecule is COc1ccc(C(O[C@@H]2[C](COC(C)=O)O[C@@H](n3cc(F)c(=O)[nH]c3=O)[C@H]2F)(c2ccccc2)c2ccccc2)cc1. The second kappa shape index (κ2) is 12.1. The number of esters is 1. The van der Waals surface area contributed by atoms with Crippen LogP contribution in [0.15, 0.2) is 101 Å². The molecule has 1 saturated heterocycles. The molecule has 217 valence electrons. The van der Waals surface area contributed by atoms with Crippen LogP contribution in [-0.2, 0) is 24.6 Å². The van der Waals surface area contributed by atoms with Gasteiger partial charge in [0.05, 0.1) is 13.3 Å². The first kappa shape index (κ1) is 28.9. The molecular formula is C31H27F2N2O7. The van der Waals surface area contributed by atoms with Gasteiger partial charge in [-0.3, -0.25) is 19.1 Å². The maximum absolute atomic E-state index is 16.5. The standard InChI is InChI=1S/C31H27F2N2O7/c1-19(36)40-18-25-27(26(33)29(41-25)35-17-24(32)28(37)34-30(35)38)42-31(20-9-5-3-6-10-20,21-11-7-4-8-12-21)22-13-15-23(39-2)16-14-22/h3-17,26-27,29H,18H2,1-2H3,(H,34,37,38)/t26-,27+,29+/m0/s1. The number of carbonyl (C=O) groups excluding carboxylic acids is 1. The van der Waals surface area contributed by atoms with Gasteiger partial charge in [0.15, 0.2) is 18.5 Å². The number of hydrogen-bond acceptors (Lipinski definition) is 7. The lowest BCUT2D eigenvalue weighted by atomic mass is 9.79. The largest absolute Gasteiger partial charge is 0.497 e. The van der Waals surface area contributed by atoms with Gasteiger partial charge in [-0.15, -0.1) is 0 Å². The number of hydrogen-bond donors (Lipinski definition) is 1. The molecule has 42 heavy (non-hydrogen) atoms. The summed E-state index contributed by atoms with van der Waals surface area (Å²) in [7, 11) is 1.54. The molecule has 3 aromatic carbocycles. The summed E-state index contributed by atoms with van der Waals surface area (Å²) < 4.78 is 54.3. The second-order valence-electron chi connectivity index (χ2n) is 9.52. The van der Waals surface area contributed by atoms with E-state index < -0.39 is 53.7 Å². The fourth-order valence-corrected chi connectivity index (χ4v) is 4.96. The highest BCUT2D eigenvalue weighted by molar-refractivity contribution is 5.66. The minimum Gasteiger partial charge on any atom is -0.497 e. The average molecular weight is 578 g/mol. The number of nitrogens with one attached hydrogen (secondary N) is 1. The number of alkyl halides is 1. The van der Waals surface area contributed by atoms with Crippen LogP contribution in [0.3, 0.4) is 0 Å². The highest BCUT2D eigenvalue weighted by Gasteiger charge is 2.53. The van der Waals surface area contributed by atoms with Gasteiger partial charge in [-0.05, 0) is 28.8 Å². The highest BCUT2D eigenvalue weighted by atomic mass is 19.1. The molecule has 1 aliphatic heterocycles. The third kappa shape index (κ3) is 5.48. The molecule has 1 fully saturated rings. The van der Waals surface area contributed by atoms with Gasteiger partial charge in [0.2, 0.25) is 5.82 Å². The summed E-state index contributed by atoms with van der Waals surface area (Å²) in [5.41, 5.74) is -1.92. The van der Waals surface area contributed by atoms with E-state index in [1.165, 1.54) is 14.0 Å². The monoisotopic (exact) mass is 577 g/mol. The molecule has 0 unspecified atom stereocenters. The quantitative estimate of drug-likeness (QED) is 0.236. The zero-order chi connectivity index (χ0) is 29.9. The number of methoxy groups -OCH3 is 1. The zero-order valence-electron chi connectivity index (χ0n) is 22.7. The molecular weight excluding hydrogens is 550 g/mol. The van der Waals surface area contributed by atoms with E-state index in [0.717, 1.165) is 0 Å². The van der Waals surface area contributed by atoms with E-state index in [-0.39, 0.29) is 6.10 Å². The number of aromatic nitrogens is 2. The molecule has 0 bridgehead atoms. The summed E-state index contributed by atoms with van der Waals surface area (Å²) in [6.45, 7) is 0.674. The van der Waals surface area contributed by atoms with E-state index in [4.69, 9.17) is 18.9 Å². The molecule has 3 atom stereocenters. The Morgan fingerprint density at radius 3 is 2.07 bits per heavy atom. The lowest BCUT2D eigenvalue weighted by molar-refractivity contribution is -0.144. The van der Waals surface area contributed by atoms with Crippen molar-refractivity contribution < 1.29 is 32.5 Å². The Labute approximate surface area is 239 Å². The number of carbonyl (C=O) groups is 1. The van der Waals surface area contributed by atoms with Crippen LogP contribution >= 0.6 is 0 Å². The predicted octanol–water partition coefficient (Wildman–Crippen LogP) is 4.02. The van der Waals surface area contributed by atoms with E-state index in [1.807, 2.05) is 60.7 Å². The summed E-state index contributed by atoms with van der Waals surface area (Å²) in [6, 6.07) is 25.3. The third-order valence-electron chi connectivity index (χ3n) is 6.93. The number of rotatable bonds is 9. The van der Waals surface area contributed by atoms with E-state index in [2.05, 4.69) is 0 Å². The van der Waals surface area contributed by atoms with Gasteiger partial charge in [-0.1, -0.05) is 72.8 Å². The molecule has 1 radical (unpaired) electrons. The smallest absolute Gasteiger partial charge is 0.330 e. The summed E-state index contributed by atoms with van der Waals surface area (Å²) in [4.78, 5) is 37.7. The molecule has 0 amide bonds. The topological polar surface area (TPSA) is 109 Å². The lowest BCUT2D eigenvalue weighted by Gasteiger charge is -2.39. The number of ether oxygens (including phenoxy) is 4. The van der Waals surface area contributed by atoms with Gasteiger partial charge >= 0.3 is 11.7 Å². The van der Waals surface area contributed by atoms with Crippen molar-refractivity contribution in [1.82, 2.24) is 9.55 Å². The van der Waals surface area contributed by atoms with Crippen LogP contribution in [0.5, 0.6) is 5.75 Å². The van der Waals surface area contributed by atoms with Crippen molar-refractivity contribution in [3.05, 3.63) is 141 Å². The van der Waals surface area contributed by atoms with Gasteiger partial charge in [0, 0.05) is 6.92 Å². The number of H-pyrrole nitrogens is 1. The zero-order valence-corrected chi connectivity index (χ0v) is 22.7. The van der Waals surface area contributed by atoms with Crippen molar-refractivity contribution in [3.8, 4) is 5.75 Å². The first-order chi connectivity index (χ1) is 20.2. The van der Waals surface area contributed by atoms with Gasteiger partial charge in [0.1, 0.15) is 24.1 Å². The minimum absolute atomic E-state index is 0.147. The molecule has 0 spiro atoms. The van der Waals surface area contributed by atoms with E-state index in [0.29, 0.717) is 33.2 Å². The molecule has 9 nitrogen and oxygen atoms in total. The van der Waals surface area contributed by atoms with Gasteiger partial charge in [-0.25, -0.2) is 9.18 Å². The van der Waals surface area contributed by atoms with Crippen LogP contribution in [0.25, 0.3) is 0 Å². The number of nitrogens with zero attached hydrogens (tertiary/aromatic N) is 1. The Bertz CT molecular complexity index is 1600. The molecule has 0 saturated carbocycles. The maximum Gasteiger partial charge on any atom is 0.330 e. The van der Waals surface area contributed by atoms with Crippen LogP contribution in [0, 0.1) is 11.9 Å². The molecule has 1 N–H and O–H groups in total. The fourth-order valence-electron chi connectivity index (χ4n) is 4.96. The molecule has 11 heteroatoms. The summed E-state index contributed by atoms with van der Waals surface area (Å²) in [6.07, 6.45) is -4.96. The normalized spacial score (nSPS) is 19.0. The summed E-state index contributed by atoms with van der Waals surface area (Å²) in [5, 5.41) is 0. The maximum atomic E-state index is 16.5.